The molecule has 0 saturated carbocycles. The number of rotatable bonds is 5. The Morgan fingerprint density at radius 1 is 0.893 bits per heavy atom. The second kappa shape index (κ2) is 8.15. The summed E-state index contributed by atoms with van der Waals surface area (Å²) in [5.41, 5.74) is 2.85. The molecule has 2 heterocycles. The van der Waals surface area contributed by atoms with Crippen molar-refractivity contribution in [3.8, 4) is 28.4 Å². The minimum atomic E-state index is -0.388. The molecule has 0 spiro atoms. The summed E-state index contributed by atoms with van der Waals surface area (Å²) in [6.07, 6.45) is 5.12. The minimum absolute atomic E-state index is 0.0427. The van der Waals surface area contributed by atoms with Gasteiger partial charge in [-0.05, 0) is 42.5 Å². The molecule has 6 heteroatoms. The number of nitrogens with zero attached hydrogens (tertiary/aromatic N) is 3. The van der Waals surface area contributed by atoms with Crippen molar-refractivity contribution in [3.63, 3.8) is 0 Å². The maximum Gasteiger partial charge on any atom is 0.159 e. The van der Waals surface area contributed by atoms with E-state index in [-0.39, 0.29) is 12.4 Å². The largest absolute Gasteiger partial charge is 0.489 e. The highest BCUT2D eigenvalue weighted by Crippen LogP contribution is 2.26. The van der Waals surface area contributed by atoms with Crippen LogP contribution in [0.25, 0.3) is 22.6 Å². The summed E-state index contributed by atoms with van der Waals surface area (Å²) in [5.74, 6) is 0.826. The van der Waals surface area contributed by atoms with Gasteiger partial charge < -0.3 is 4.74 Å². The molecule has 0 radical (unpaired) electrons. The molecule has 0 amide bonds. The lowest BCUT2D eigenvalue weighted by Gasteiger charge is -2.10. The first kappa shape index (κ1) is 18.1. The second-order valence-corrected chi connectivity index (χ2v) is 6.43. The van der Waals surface area contributed by atoms with Crippen molar-refractivity contribution in [1.82, 2.24) is 15.0 Å². The maximum absolute atomic E-state index is 13.9. The topological polar surface area (TPSA) is 47.9 Å². The predicted molar refractivity (Wildman–Crippen MR) is 106 cm³/mol. The smallest absolute Gasteiger partial charge is 0.159 e. The van der Waals surface area contributed by atoms with Gasteiger partial charge in [-0.25, -0.2) is 14.4 Å². The Balaban J connectivity index is 1.58. The average Bonchev–Trinajstić information content (AvgIpc) is 2.74. The molecular formula is C22H15ClFN3O. The predicted octanol–water partition coefficient (Wildman–Crippen LogP) is 5.58. The fourth-order valence-electron chi connectivity index (χ4n) is 2.73. The zero-order valence-electron chi connectivity index (χ0n) is 14.7. The zero-order valence-corrected chi connectivity index (χ0v) is 15.5. The lowest BCUT2D eigenvalue weighted by Crippen LogP contribution is -1.99. The van der Waals surface area contributed by atoms with Crippen LogP contribution in [0, 0.1) is 5.82 Å². The average molecular weight is 392 g/mol. The molecular weight excluding hydrogens is 377 g/mol. The standard InChI is InChI=1S/C22H15ClFN3O/c23-19-5-2-6-20(24)18(19)14-28-17-4-1-3-16(13-17)21-9-12-26-22(27-21)15-7-10-25-11-8-15/h1-13H,14H2. The molecule has 4 rings (SSSR count). The van der Waals surface area contributed by atoms with Gasteiger partial charge in [-0.2, -0.15) is 0 Å². The van der Waals surface area contributed by atoms with Crippen LogP contribution in [0.1, 0.15) is 5.56 Å². The Bertz CT molecular complexity index is 1090. The van der Waals surface area contributed by atoms with E-state index in [9.17, 15) is 4.39 Å². The van der Waals surface area contributed by atoms with Crippen molar-refractivity contribution in [2.45, 2.75) is 6.61 Å². The first-order chi connectivity index (χ1) is 13.7. The summed E-state index contributed by atoms with van der Waals surface area (Å²) in [6.45, 7) is 0.0427. The van der Waals surface area contributed by atoms with E-state index in [2.05, 4.69) is 15.0 Å². The summed E-state index contributed by atoms with van der Waals surface area (Å²) >= 11 is 6.06. The van der Waals surface area contributed by atoms with Crippen LogP contribution in [0.4, 0.5) is 4.39 Å². The van der Waals surface area contributed by atoms with E-state index in [0.717, 1.165) is 16.8 Å². The van der Waals surface area contributed by atoms with Gasteiger partial charge in [-0.3, -0.25) is 4.98 Å². The van der Waals surface area contributed by atoms with Crippen LogP contribution in [0.3, 0.4) is 0 Å². The van der Waals surface area contributed by atoms with Gasteiger partial charge in [-0.1, -0.05) is 29.8 Å². The summed E-state index contributed by atoms with van der Waals surface area (Å²) in [7, 11) is 0. The number of benzene rings is 2. The first-order valence-corrected chi connectivity index (χ1v) is 8.98. The van der Waals surface area contributed by atoms with Crippen LogP contribution in [-0.4, -0.2) is 15.0 Å². The van der Waals surface area contributed by atoms with Crippen molar-refractivity contribution < 1.29 is 9.13 Å². The fourth-order valence-corrected chi connectivity index (χ4v) is 2.95. The summed E-state index contributed by atoms with van der Waals surface area (Å²) in [4.78, 5) is 13.0. The van der Waals surface area contributed by atoms with Crippen molar-refractivity contribution in [2.75, 3.05) is 0 Å². The summed E-state index contributed by atoms with van der Waals surface area (Å²) in [5, 5.41) is 0.342. The molecule has 138 valence electrons. The third-order valence-corrected chi connectivity index (χ3v) is 4.52. The van der Waals surface area contributed by atoms with Crippen LogP contribution in [-0.2, 0) is 6.61 Å². The zero-order chi connectivity index (χ0) is 19.3. The van der Waals surface area contributed by atoms with Crippen LogP contribution < -0.4 is 4.74 Å². The molecule has 0 unspecified atom stereocenters. The van der Waals surface area contributed by atoms with Crippen molar-refractivity contribution in [3.05, 3.63) is 95.7 Å². The van der Waals surface area contributed by atoms with Crippen molar-refractivity contribution in [1.29, 1.82) is 0 Å². The van der Waals surface area contributed by atoms with E-state index in [4.69, 9.17) is 16.3 Å². The molecule has 4 aromatic rings. The number of hydrogen-bond donors (Lipinski definition) is 0. The van der Waals surface area contributed by atoms with Crippen LogP contribution >= 0.6 is 11.6 Å². The minimum Gasteiger partial charge on any atom is -0.489 e. The van der Waals surface area contributed by atoms with Gasteiger partial charge in [0.1, 0.15) is 18.2 Å². The van der Waals surface area contributed by atoms with Gasteiger partial charge in [0, 0.05) is 35.3 Å². The molecule has 0 aliphatic rings. The summed E-state index contributed by atoms with van der Waals surface area (Å²) in [6, 6.07) is 17.6. The third kappa shape index (κ3) is 4.00. The molecule has 0 atom stereocenters. The number of halogens is 2. The molecule has 2 aromatic heterocycles. The molecule has 0 bridgehead atoms. The van der Waals surface area contributed by atoms with Gasteiger partial charge in [-0.15, -0.1) is 0 Å². The quantitative estimate of drug-likeness (QED) is 0.445. The fraction of sp³-hybridized carbons (Fsp3) is 0.0455. The van der Waals surface area contributed by atoms with E-state index >= 15 is 0 Å². The SMILES string of the molecule is Fc1cccc(Cl)c1COc1cccc(-c2ccnc(-c3ccncc3)n2)c1. The second-order valence-electron chi connectivity index (χ2n) is 6.02. The van der Waals surface area contributed by atoms with E-state index in [1.165, 1.54) is 6.07 Å². The molecule has 0 fully saturated rings. The number of ether oxygens (including phenoxy) is 1. The highest BCUT2D eigenvalue weighted by atomic mass is 35.5. The first-order valence-electron chi connectivity index (χ1n) is 8.60. The van der Waals surface area contributed by atoms with Gasteiger partial charge in [0.15, 0.2) is 5.82 Å². The van der Waals surface area contributed by atoms with Gasteiger partial charge in [0.25, 0.3) is 0 Å². The molecule has 4 nitrogen and oxygen atoms in total. The van der Waals surface area contributed by atoms with Gasteiger partial charge >= 0.3 is 0 Å². The van der Waals surface area contributed by atoms with E-state index in [1.54, 1.807) is 30.7 Å². The normalized spacial score (nSPS) is 10.6. The number of hydrogen-bond acceptors (Lipinski definition) is 4. The molecule has 0 saturated heterocycles. The molecule has 28 heavy (non-hydrogen) atoms. The Kier molecular flexibility index (Phi) is 5.26. The molecule has 0 aliphatic heterocycles. The lowest BCUT2D eigenvalue weighted by atomic mass is 10.1. The van der Waals surface area contributed by atoms with Crippen LogP contribution in [0.15, 0.2) is 79.3 Å². The van der Waals surface area contributed by atoms with Gasteiger partial charge in [0.2, 0.25) is 0 Å². The Labute approximate surface area is 166 Å². The Morgan fingerprint density at radius 3 is 2.54 bits per heavy atom. The Morgan fingerprint density at radius 2 is 1.71 bits per heavy atom. The third-order valence-electron chi connectivity index (χ3n) is 4.17. The van der Waals surface area contributed by atoms with E-state index < -0.39 is 0 Å². The highest BCUT2D eigenvalue weighted by molar-refractivity contribution is 6.31. The van der Waals surface area contributed by atoms with E-state index in [0.29, 0.717) is 22.2 Å². The van der Waals surface area contributed by atoms with Crippen molar-refractivity contribution in [2.24, 2.45) is 0 Å². The monoisotopic (exact) mass is 391 g/mol. The molecule has 0 N–H and O–H groups in total. The van der Waals surface area contributed by atoms with Crippen molar-refractivity contribution >= 4 is 11.6 Å². The van der Waals surface area contributed by atoms with Crippen LogP contribution in [0.2, 0.25) is 5.02 Å². The van der Waals surface area contributed by atoms with Crippen LogP contribution in [0.5, 0.6) is 5.75 Å². The summed E-state index contributed by atoms with van der Waals surface area (Å²) < 4.78 is 19.7. The van der Waals surface area contributed by atoms with E-state index in [1.807, 2.05) is 42.5 Å². The van der Waals surface area contributed by atoms with Gasteiger partial charge in [0.05, 0.1) is 10.7 Å². The highest BCUT2D eigenvalue weighted by Gasteiger charge is 2.09. The molecule has 0 aliphatic carbocycles. The lowest BCUT2D eigenvalue weighted by molar-refractivity contribution is 0.300. The molecule has 2 aromatic carbocycles. The number of aromatic nitrogens is 3. The Hall–Kier alpha value is -3.31. The maximum atomic E-state index is 13.9. The number of pyridine rings is 1.